The number of carbonyl (C=O) groups excluding carboxylic acids is 1. The van der Waals surface area contributed by atoms with Crippen LogP contribution in [0.2, 0.25) is 0 Å². The fourth-order valence-electron chi connectivity index (χ4n) is 2.95. The number of methoxy groups -OCH3 is 1. The second-order valence-corrected chi connectivity index (χ2v) is 7.72. The summed E-state index contributed by atoms with van der Waals surface area (Å²) in [5.41, 5.74) is 0.394. The molecule has 24 heavy (non-hydrogen) atoms. The van der Waals surface area contributed by atoms with Crippen LogP contribution >= 0.6 is 0 Å². The Balaban J connectivity index is 1.86. The van der Waals surface area contributed by atoms with Crippen LogP contribution in [0.1, 0.15) is 29.3 Å². The monoisotopic (exact) mass is 349 g/mol. The lowest BCUT2D eigenvalue weighted by atomic mass is 10.0. The highest BCUT2D eigenvalue weighted by Crippen LogP contribution is 2.46. The minimum Gasteiger partial charge on any atom is -0.465 e. The lowest BCUT2D eigenvalue weighted by Gasteiger charge is -2.18. The summed E-state index contributed by atoms with van der Waals surface area (Å²) in [6.45, 7) is 1.99. The summed E-state index contributed by atoms with van der Waals surface area (Å²) in [7, 11) is -2.77. The number of esters is 1. The molecule has 0 unspecified atom stereocenters. The Hall–Kier alpha value is -2.12. The van der Waals surface area contributed by atoms with Crippen LogP contribution in [-0.4, -0.2) is 27.0 Å². The number of carbonyl (C=O) groups is 1. The highest BCUT2D eigenvalue weighted by atomic mass is 32.2. The zero-order chi connectivity index (χ0) is 17.4. The van der Waals surface area contributed by atoms with Crippen LogP contribution in [0.15, 0.2) is 52.2 Å². The van der Waals surface area contributed by atoms with E-state index in [4.69, 9.17) is 4.42 Å². The van der Waals surface area contributed by atoms with Gasteiger partial charge in [0, 0.05) is 5.54 Å². The zero-order valence-corrected chi connectivity index (χ0v) is 14.3. The van der Waals surface area contributed by atoms with Gasteiger partial charge in [-0.05, 0) is 30.4 Å². The molecule has 0 aliphatic heterocycles. The number of hydrogen-bond donors (Lipinski definition) is 1. The molecular weight excluding hydrogens is 330 g/mol. The minimum absolute atomic E-state index is 0.104. The normalized spacial score (nSPS) is 23.0. The van der Waals surface area contributed by atoms with Crippen LogP contribution in [0.3, 0.4) is 0 Å². The first-order valence-electron chi connectivity index (χ1n) is 7.62. The van der Waals surface area contributed by atoms with Crippen molar-refractivity contribution in [3.8, 4) is 0 Å². The number of ether oxygens (including phenoxy) is 1. The standard InChI is InChI=1S/C17H19NO5S/c1-12-10-17(12,11-13-6-4-3-5-7-13)18-24(20,21)16-14(8-9-23-16)15(19)22-2/h3-9,12,18H,10-11H2,1-2H3/t12-,17-/m1/s1. The summed E-state index contributed by atoms with van der Waals surface area (Å²) in [4.78, 5) is 11.7. The number of furan rings is 1. The SMILES string of the molecule is COC(=O)c1ccoc1S(=O)(=O)N[C@@]1(Cc2ccccc2)C[C@H]1C. The first-order chi connectivity index (χ1) is 11.4. The van der Waals surface area contributed by atoms with Crippen LogP contribution in [0, 0.1) is 5.92 Å². The summed E-state index contributed by atoms with van der Waals surface area (Å²) in [6, 6.07) is 11.0. The van der Waals surface area contributed by atoms with Gasteiger partial charge >= 0.3 is 5.97 Å². The zero-order valence-electron chi connectivity index (χ0n) is 13.5. The third-order valence-corrected chi connectivity index (χ3v) is 5.91. The van der Waals surface area contributed by atoms with Gasteiger partial charge in [-0.1, -0.05) is 37.3 Å². The van der Waals surface area contributed by atoms with Crippen LogP contribution in [-0.2, 0) is 21.2 Å². The van der Waals surface area contributed by atoms with Crippen LogP contribution in [0.25, 0.3) is 0 Å². The average Bonchev–Trinajstić information content (AvgIpc) is 2.98. The first kappa shape index (κ1) is 16.7. The van der Waals surface area contributed by atoms with Crippen molar-refractivity contribution in [1.29, 1.82) is 0 Å². The molecule has 2 aromatic rings. The summed E-state index contributed by atoms with van der Waals surface area (Å²) >= 11 is 0. The largest absolute Gasteiger partial charge is 0.465 e. The van der Waals surface area contributed by atoms with E-state index >= 15 is 0 Å². The highest BCUT2D eigenvalue weighted by molar-refractivity contribution is 7.89. The molecule has 1 saturated carbocycles. The van der Waals surface area contributed by atoms with Gasteiger partial charge in [-0.3, -0.25) is 0 Å². The fraction of sp³-hybridized carbons (Fsp3) is 0.353. The Morgan fingerprint density at radius 2 is 2.00 bits per heavy atom. The van der Waals surface area contributed by atoms with Crippen LogP contribution < -0.4 is 4.72 Å². The Morgan fingerprint density at radius 1 is 1.33 bits per heavy atom. The molecule has 1 heterocycles. The van der Waals surface area contributed by atoms with Gasteiger partial charge in [0.2, 0.25) is 5.09 Å². The van der Waals surface area contributed by atoms with E-state index in [1.54, 1.807) is 0 Å². The van der Waals surface area contributed by atoms with Crippen molar-refractivity contribution in [2.75, 3.05) is 7.11 Å². The van der Waals surface area contributed by atoms with E-state index in [-0.39, 0.29) is 11.5 Å². The Labute approximate surface area is 140 Å². The van der Waals surface area contributed by atoms with E-state index in [0.29, 0.717) is 6.42 Å². The lowest BCUT2D eigenvalue weighted by Crippen LogP contribution is -2.40. The van der Waals surface area contributed by atoms with Gasteiger partial charge in [0.15, 0.2) is 0 Å². The predicted octanol–water partition coefficient (Wildman–Crippen LogP) is 2.37. The van der Waals surface area contributed by atoms with E-state index < -0.39 is 26.6 Å². The maximum absolute atomic E-state index is 12.7. The van der Waals surface area contributed by atoms with Gasteiger partial charge in [-0.25, -0.2) is 17.9 Å². The molecule has 7 heteroatoms. The topological polar surface area (TPSA) is 85.6 Å². The van der Waals surface area contributed by atoms with Crippen molar-refractivity contribution in [2.45, 2.75) is 30.4 Å². The lowest BCUT2D eigenvalue weighted by molar-refractivity contribution is 0.0593. The van der Waals surface area contributed by atoms with Crippen molar-refractivity contribution < 1.29 is 22.4 Å². The van der Waals surface area contributed by atoms with Crippen molar-refractivity contribution in [2.24, 2.45) is 5.92 Å². The summed E-state index contributed by atoms with van der Waals surface area (Å²) < 4.78 is 37.8. The van der Waals surface area contributed by atoms with Crippen LogP contribution in [0.5, 0.6) is 0 Å². The Kier molecular flexibility index (Phi) is 4.23. The molecule has 0 radical (unpaired) electrons. The molecular formula is C17H19NO5S. The first-order valence-corrected chi connectivity index (χ1v) is 9.10. The summed E-state index contributed by atoms with van der Waals surface area (Å²) in [5.74, 6) is -0.547. The summed E-state index contributed by atoms with van der Waals surface area (Å²) in [5, 5.41) is -0.402. The average molecular weight is 349 g/mol. The molecule has 0 bridgehead atoms. The number of nitrogens with one attached hydrogen (secondary N) is 1. The van der Waals surface area contributed by atoms with E-state index in [0.717, 1.165) is 12.0 Å². The molecule has 128 valence electrons. The number of benzene rings is 1. The fourth-order valence-corrected chi connectivity index (χ4v) is 4.56. The molecule has 3 rings (SSSR count). The second kappa shape index (κ2) is 6.07. The third-order valence-electron chi connectivity index (χ3n) is 4.43. The van der Waals surface area contributed by atoms with Crippen molar-refractivity contribution >= 4 is 16.0 Å². The maximum Gasteiger partial charge on any atom is 0.342 e. The molecule has 0 saturated heterocycles. The second-order valence-electron chi connectivity index (χ2n) is 6.14. The van der Waals surface area contributed by atoms with Gasteiger partial charge in [-0.2, -0.15) is 0 Å². The molecule has 6 nitrogen and oxygen atoms in total. The smallest absolute Gasteiger partial charge is 0.342 e. The van der Waals surface area contributed by atoms with E-state index in [2.05, 4.69) is 9.46 Å². The van der Waals surface area contributed by atoms with Gasteiger partial charge in [0.1, 0.15) is 5.56 Å². The van der Waals surface area contributed by atoms with Gasteiger partial charge in [0.25, 0.3) is 10.0 Å². The van der Waals surface area contributed by atoms with E-state index in [1.807, 2.05) is 37.3 Å². The molecule has 1 aliphatic rings. The molecule has 0 amide bonds. The molecule has 1 aliphatic carbocycles. The van der Waals surface area contributed by atoms with Crippen molar-refractivity contribution in [3.05, 3.63) is 53.8 Å². The van der Waals surface area contributed by atoms with Gasteiger partial charge < -0.3 is 9.15 Å². The minimum atomic E-state index is -3.97. The number of sulfonamides is 1. The van der Waals surface area contributed by atoms with Crippen molar-refractivity contribution in [1.82, 2.24) is 4.72 Å². The van der Waals surface area contributed by atoms with E-state index in [9.17, 15) is 13.2 Å². The quantitative estimate of drug-likeness (QED) is 0.809. The van der Waals surface area contributed by atoms with Crippen molar-refractivity contribution in [3.63, 3.8) is 0 Å². The predicted molar refractivity (Wildman–Crippen MR) is 87.0 cm³/mol. The third kappa shape index (κ3) is 3.09. The molecule has 1 aromatic heterocycles. The molecule has 2 atom stereocenters. The number of rotatable bonds is 6. The number of hydrogen-bond acceptors (Lipinski definition) is 5. The Bertz CT molecular complexity index is 843. The van der Waals surface area contributed by atoms with Gasteiger partial charge in [-0.15, -0.1) is 0 Å². The molecule has 1 fully saturated rings. The highest BCUT2D eigenvalue weighted by Gasteiger charge is 2.54. The Morgan fingerprint density at radius 3 is 2.58 bits per heavy atom. The van der Waals surface area contributed by atoms with E-state index in [1.165, 1.54) is 19.4 Å². The maximum atomic E-state index is 12.7. The summed E-state index contributed by atoms with van der Waals surface area (Å²) in [6.07, 6.45) is 2.49. The molecule has 1 N–H and O–H groups in total. The molecule has 0 spiro atoms. The van der Waals surface area contributed by atoms with Gasteiger partial charge in [0.05, 0.1) is 13.4 Å². The molecule has 1 aromatic carbocycles. The van der Waals surface area contributed by atoms with Crippen LogP contribution in [0.4, 0.5) is 0 Å².